The second-order valence-electron chi connectivity index (χ2n) is 7.35. The lowest BCUT2D eigenvalue weighted by Crippen LogP contribution is -2.46. The largest absolute Gasteiger partial charge is 0.357 e. The van der Waals surface area contributed by atoms with Gasteiger partial charge < -0.3 is 16.0 Å². The van der Waals surface area contributed by atoms with Crippen molar-refractivity contribution >= 4 is 41.5 Å². The van der Waals surface area contributed by atoms with Crippen molar-refractivity contribution in [2.75, 3.05) is 25.0 Å². The van der Waals surface area contributed by atoms with Crippen LogP contribution in [0.2, 0.25) is 0 Å². The van der Waals surface area contributed by atoms with Crippen LogP contribution in [-0.4, -0.2) is 48.5 Å². The van der Waals surface area contributed by atoms with Gasteiger partial charge in [0, 0.05) is 44.3 Å². The van der Waals surface area contributed by atoms with Crippen LogP contribution < -0.4 is 16.0 Å². The highest BCUT2D eigenvalue weighted by molar-refractivity contribution is 14.0. The summed E-state index contributed by atoms with van der Waals surface area (Å²) in [7, 11) is 0. The van der Waals surface area contributed by atoms with Crippen LogP contribution in [0, 0.1) is 5.92 Å². The third kappa shape index (κ3) is 7.65. The lowest BCUT2D eigenvalue weighted by atomic mass is 10.1. The van der Waals surface area contributed by atoms with Crippen molar-refractivity contribution in [2.24, 2.45) is 10.9 Å². The fourth-order valence-electron chi connectivity index (χ4n) is 3.23. The number of rotatable bonds is 6. The van der Waals surface area contributed by atoms with Gasteiger partial charge in [-0.1, -0.05) is 19.1 Å². The Hall–Kier alpha value is -1.35. The van der Waals surface area contributed by atoms with Gasteiger partial charge in [0.15, 0.2) is 5.96 Å². The molecule has 1 heterocycles. The number of aliphatic imine (C=N–C) groups is 1. The van der Waals surface area contributed by atoms with Gasteiger partial charge in [0.05, 0.1) is 6.54 Å². The van der Waals surface area contributed by atoms with Gasteiger partial charge in [-0.25, -0.2) is 4.99 Å². The summed E-state index contributed by atoms with van der Waals surface area (Å²) >= 11 is 0. The second kappa shape index (κ2) is 11.5. The Labute approximate surface area is 180 Å². The quantitative estimate of drug-likeness (QED) is 0.328. The van der Waals surface area contributed by atoms with Crippen molar-refractivity contribution in [3.05, 3.63) is 29.8 Å². The molecule has 2 rings (SSSR count). The molecule has 152 valence electrons. The van der Waals surface area contributed by atoms with Crippen LogP contribution in [0.1, 0.15) is 40.2 Å². The van der Waals surface area contributed by atoms with Crippen LogP contribution in [-0.2, 0) is 11.3 Å². The van der Waals surface area contributed by atoms with E-state index in [4.69, 9.17) is 4.99 Å². The Morgan fingerprint density at radius 2 is 2.07 bits per heavy atom. The number of halogens is 1. The lowest BCUT2D eigenvalue weighted by molar-refractivity contribution is -0.114. The summed E-state index contributed by atoms with van der Waals surface area (Å²) in [6.07, 6.45) is 0. The summed E-state index contributed by atoms with van der Waals surface area (Å²) in [6, 6.07) is 8.79. The summed E-state index contributed by atoms with van der Waals surface area (Å²) in [6.45, 7) is 13.9. The van der Waals surface area contributed by atoms with Gasteiger partial charge >= 0.3 is 0 Å². The Balaban J connectivity index is 0.00000364. The Bertz CT molecular complexity index is 635. The van der Waals surface area contributed by atoms with Crippen molar-refractivity contribution < 1.29 is 4.79 Å². The predicted octanol–water partition coefficient (Wildman–Crippen LogP) is 3.05. The molecule has 1 amide bonds. The number of hydrogen-bond donors (Lipinski definition) is 3. The fraction of sp³-hybridized carbons (Fsp3) is 0.600. The number of hydrogen-bond acceptors (Lipinski definition) is 3. The number of carbonyl (C=O) groups excluding carboxylic acids is 1. The molecule has 0 aliphatic carbocycles. The first kappa shape index (κ1) is 23.7. The normalized spacial score (nSPS) is 20.3. The number of benzene rings is 1. The highest BCUT2D eigenvalue weighted by Gasteiger charge is 2.31. The second-order valence-corrected chi connectivity index (χ2v) is 7.35. The molecule has 6 nitrogen and oxygen atoms in total. The van der Waals surface area contributed by atoms with E-state index < -0.39 is 0 Å². The van der Waals surface area contributed by atoms with E-state index in [1.165, 1.54) is 6.92 Å². The maximum absolute atomic E-state index is 11.2. The molecule has 27 heavy (non-hydrogen) atoms. The van der Waals surface area contributed by atoms with Crippen molar-refractivity contribution in [3.8, 4) is 0 Å². The van der Waals surface area contributed by atoms with Crippen LogP contribution in [0.15, 0.2) is 29.3 Å². The number of anilines is 1. The monoisotopic (exact) mass is 487 g/mol. The van der Waals surface area contributed by atoms with E-state index in [-0.39, 0.29) is 29.9 Å². The third-order valence-corrected chi connectivity index (χ3v) is 4.70. The van der Waals surface area contributed by atoms with Crippen molar-refractivity contribution in [3.63, 3.8) is 0 Å². The zero-order valence-electron chi connectivity index (χ0n) is 17.1. The van der Waals surface area contributed by atoms with E-state index in [9.17, 15) is 4.79 Å². The molecule has 1 aromatic carbocycles. The molecule has 2 atom stereocenters. The van der Waals surface area contributed by atoms with Gasteiger partial charge in [-0.3, -0.25) is 9.69 Å². The van der Waals surface area contributed by atoms with Gasteiger partial charge in [-0.15, -0.1) is 24.0 Å². The SMILES string of the molecule is CCNC(=NCc1cccc(NC(C)=O)c1)NC1CN(C(C)C)CC1C.I. The number of amides is 1. The minimum Gasteiger partial charge on any atom is -0.357 e. The Morgan fingerprint density at radius 1 is 1.33 bits per heavy atom. The first-order chi connectivity index (χ1) is 12.4. The Morgan fingerprint density at radius 3 is 2.67 bits per heavy atom. The Kier molecular flexibility index (Phi) is 10.1. The van der Waals surface area contributed by atoms with E-state index in [0.717, 1.165) is 36.8 Å². The summed E-state index contributed by atoms with van der Waals surface area (Å²) in [4.78, 5) is 18.4. The molecule has 1 fully saturated rings. The summed E-state index contributed by atoms with van der Waals surface area (Å²) in [5.74, 6) is 1.37. The van der Waals surface area contributed by atoms with Gasteiger partial charge in [-0.05, 0) is 44.4 Å². The van der Waals surface area contributed by atoms with Crippen molar-refractivity contribution in [1.82, 2.24) is 15.5 Å². The summed E-state index contributed by atoms with van der Waals surface area (Å²) < 4.78 is 0. The molecule has 1 aromatic rings. The zero-order valence-corrected chi connectivity index (χ0v) is 19.4. The predicted molar refractivity (Wildman–Crippen MR) is 124 cm³/mol. The average Bonchev–Trinajstić information content (AvgIpc) is 2.94. The summed E-state index contributed by atoms with van der Waals surface area (Å²) in [5, 5.41) is 9.75. The third-order valence-electron chi connectivity index (χ3n) is 4.70. The average molecular weight is 487 g/mol. The van der Waals surface area contributed by atoms with Crippen LogP contribution in [0.3, 0.4) is 0 Å². The van der Waals surface area contributed by atoms with E-state index in [2.05, 4.69) is 48.5 Å². The van der Waals surface area contributed by atoms with Gasteiger partial charge in [-0.2, -0.15) is 0 Å². The molecule has 1 aliphatic rings. The molecule has 1 aliphatic heterocycles. The number of nitrogens with one attached hydrogen (secondary N) is 3. The van der Waals surface area contributed by atoms with E-state index in [1.807, 2.05) is 24.3 Å². The maximum Gasteiger partial charge on any atom is 0.221 e. The number of nitrogens with zero attached hydrogens (tertiary/aromatic N) is 2. The smallest absolute Gasteiger partial charge is 0.221 e. The van der Waals surface area contributed by atoms with Crippen molar-refractivity contribution in [2.45, 2.75) is 53.2 Å². The fourth-order valence-corrected chi connectivity index (χ4v) is 3.23. The van der Waals surface area contributed by atoms with E-state index in [0.29, 0.717) is 24.5 Å². The van der Waals surface area contributed by atoms with Gasteiger partial charge in [0.1, 0.15) is 0 Å². The highest BCUT2D eigenvalue weighted by atomic mass is 127. The molecule has 0 spiro atoms. The van der Waals surface area contributed by atoms with Crippen molar-refractivity contribution in [1.29, 1.82) is 0 Å². The first-order valence-electron chi connectivity index (χ1n) is 9.54. The first-order valence-corrected chi connectivity index (χ1v) is 9.54. The van der Waals surface area contributed by atoms with Crippen LogP contribution in [0.4, 0.5) is 5.69 Å². The van der Waals surface area contributed by atoms with E-state index >= 15 is 0 Å². The van der Waals surface area contributed by atoms with Crippen LogP contribution >= 0.6 is 24.0 Å². The molecule has 0 bridgehead atoms. The minimum atomic E-state index is -0.0643. The standard InChI is InChI=1S/C20H33N5O.HI/c1-6-21-20(24-19-13-25(14(2)3)12-15(19)4)22-11-17-8-7-9-18(10-17)23-16(5)26;/h7-10,14-15,19H,6,11-13H2,1-5H3,(H,23,26)(H2,21,22,24);1H. The highest BCUT2D eigenvalue weighted by Crippen LogP contribution is 2.18. The zero-order chi connectivity index (χ0) is 19.1. The maximum atomic E-state index is 11.2. The molecule has 1 saturated heterocycles. The molecular weight excluding hydrogens is 453 g/mol. The minimum absolute atomic E-state index is 0. The number of likely N-dealkylation sites (tertiary alicyclic amines) is 1. The number of guanidine groups is 1. The lowest BCUT2D eigenvalue weighted by Gasteiger charge is -2.22. The molecule has 0 saturated carbocycles. The molecule has 3 N–H and O–H groups in total. The molecule has 2 unspecified atom stereocenters. The molecular formula is C20H34IN5O. The van der Waals surface area contributed by atoms with Gasteiger partial charge in [0.2, 0.25) is 5.91 Å². The van der Waals surface area contributed by atoms with Crippen LogP contribution in [0.5, 0.6) is 0 Å². The topological polar surface area (TPSA) is 68.8 Å². The summed E-state index contributed by atoms with van der Waals surface area (Å²) in [5.41, 5.74) is 1.87. The number of carbonyl (C=O) groups is 1. The molecule has 0 radical (unpaired) electrons. The van der Waals surface area contributed by atoms with Crippen LogP contribution in [0.25, 0.3) is 0 Å². The molecule has 7 heteroatoms. The van der Waals surface area contributed by atoms with E-state index in [1.54, 1.807) is 0 Å². The van der Waals surface area contributed by atoms with Gasteiger partial charge in [0.25, 0.3) is 0 Å². The molecule has 0 aromatic heterocycles.